The van der Waals surface area contributed by atoms with Crippen molar-refractivity contribution in [2.45, 2.75) is 26.2 Å². The summed E-state index contributed by atoms with van der Waals surface area (Å²) in [5, 5.41) is 10.2. The number of rotatable bonds is 5. The molecular weight excluding hydrogens is 290 g/mol. The van der Waals surface area contributed by atoms with Crippen molar-refractivity contribution in [3.8, 4) is 0 Å². The van der Waals surface area contributed by atoms with Crippen molar-refractivity contribution in [1.82, 2.24) is 25.1 Å². The Labute approximate surface area is 127 Å². The smallest absolute Gasteiger partial charge is 0.180 e. The Hall–Kier alpha value is -1.35. The molecule has 0 spiro atoms. The molecule has 1 aliphatic rings. The van der Waals surface area contributed by atoms with Crippen LogP contribution in [0, 0.1) is 6.92 Å². The monoisotopic (exact) mass is 309 g/mol. The molecule has 3 heterocycles. The second kappa shape index (κ2) is 6.61. The molecule has 114 valence electrons. The van der Waals surface area contributed by atoms with E-state index in [0.717, 1.165) is 42.0 Å². The van der Waals surface area contributed by atoms with Crippen molar-refractivity contribution < 1.29 is 9.47 Å². The first kappa shape index (κ1) is 14.6. The maximum Gasteiger partial charge on any atom is 0.180 e. The van der Waals surface area contributed by atoms with E-state index in [0.29, 0.717) is 13.2 Å². The number of hydrogen-bond donors (Lipinski definition) is 1. The second-order valence-corrected chi connectivity index (χ2v) is 5.98. The average molecular weight is 309 g/mol. The van der Waals surface area contributed by atoms with Gasteiger partial charge in [0.2, 0.25) is 0 Å². The SMILES string of the molecule is COCc1nc(CN2CCO[C@H](c3n[nH]c(C)n3)C2)cs1. The first-order valence-corrected chi connectivity index (χ1v) is 7.77. The fraction of sp³-hybridized carbons (Fsp3) is 0.615. The minimum atomic E-state index is -0.0687. The van der Waals surface area contributed by atoms with E-state index in [4.69, 9.17) is 9.47 Å². The molecule has 21 heavy (non-hydrogen) atoms. The summed E-state index contributed by atoms with van der Waals surface area (Å²) >= 11 is 1.64. The van der Waals surface area contributed by atoms with Crippen LogP contribution in [-0.4, -0.2) is 51.9 Å². The highest BCUT2D eigenvalue weighted by Gasteiger charge is 2.25. The fourth-order valence-electron chi connectivity index (χ4n) is 2.35. The number of aromatic nitrogens is 4. The molecule has 1 fully saturated rings. The highest BCUT2D eigenvalue weighted by atomic mass is 32.1. The topological polar surface area (TPSA) is 76.2 Å². The number of H-pyrrole nitrogens is 1. The summed E-state index contributed by atoms with van der Waals surface area (Å²) in [4.78, 5) is 11.3. The van der Waals surface area contributed by atoms with Gasteiger partial charge in [0.05, 0.1) is 18.9 Å². The van der Waals surface area contributed by atoms with Crippen LogP contribution in [0.4, 0.5) is 0 Å². The van der Waals surface area contributed by atoms with E-state index in [1.165, 1.54) is 0 Å². The van der Waals surface area contributed by atoms with Crippen LogP contribution in [0.15, 0.2) is 5.38 Å². The molecule has 3 rings (SSSR count). The van der Waals surface area contributed by atoms with Crippen LogP contribution in [-0.2, 0) is 22.6 Å². The number of aromatic amines is 1. The third-order valence-electron chi connectivity index (χ3n) is 3.31. The molecule has 8 heteroatoms. The average Bonchev–Trinajstić information content (AvgIpc) is 3.09. The predicted molar refractivity (Wildman–Crippen MR) is 77.9 cm³/mol. The summed E-state index contributed by atoms with van der Waals surface area (Å²) in [5.41, 5.74) is 1.08. The number of hydrogen-bond acceptors (Lipinski definition) is 7. The van der Waals surface area contributed by atoms with Crippen molar-refractivity contribution in [3.63, 3.8) is 0 Å². The summed E-state index contributed by atoms with van der Waals surface area (Å²) in [7, 11) is 1.69. The first-order chi connectivity index (χ1) is 10.2. The molecule has 0 aliphatic carbocycles. The van der Waals surface area contributed by atoms with Crippen LogP contribution in [0.25, 0.3) is 0 Å². The van der Waals surface area contributed by atoms with Crippen LogP contribution in [0.1, 0.15) is 28.5 Å². The lowest BCUT2D eigenvalue weighted by Gasteiger charge is -2.30. The van der Waals surface area contributed by atoms with E-state index < -0.39 is 0 Å². The molecule has 0 amide bonds. The Balaban J connectivity index is 1.60. The van der Waals surface area contributed by atoms with Crippen molar-refractivity contribution >= 4 is 11.3 Å². The van der Waals surface area contributed by atoms with E-state index >= 15 is 0 Å². The van der Waals surface area contributed by atoms with Gasteiger partial charge in [-0.1, -0.05) is 0 Å². The van der Waals surface area contributed by atoms with Gasteiger partial charge in [0.1, 0.15) is 16.9 Å². The molecule has 2 aromatic rings. The molecule has 1 aliphatic heterocycles. The van der Waals surface area contributed by atoms with Crippen LogP contribution in [0.2, 0.25) is 0 Å². The van der Waals surface area contributed by atoms with Gasteiger partial charge in [-0.3, -0.25) is 10.00 Å². The molecular formula is C13H19N5O2S. The van der Waals surface area contributed by atoms with Gasteiger partial charge in [-0.25, -0.2) is 9.97 Å². The van der Waals surface area contributed by atoms with Crippen LogP contribution in [0.5, 0.6) is 0 Å². The van der Waals surface area contributed by atoms with Gasteiger partial charge in [0.15, 0.2) is 5.82 Å². The lowest BCUT2D eigenvalue weighted by molar-refractivity contribution is -0.0374. The highest BCUT2D eigenvalue weighted by molar-refractivity contribution is 7.09. The zero-order chi connectivity index (χ0) is 14.7. The third kappa shape index (κ3) is 3.65. The van der Waals surface area contributed by atoms with Crippen molar-refractivity contribution in [2.75, 3.05) is 26.8 Å². The minimum absolute atomic E-state index is 0.0687. The van der Waals surface area contributed by atoms with Crippen molar-refractivity contribution in [2.24, 2.45) is 0 Å². The Morgan fingerprint density at radius 3 is 3.19 bits per heavy atom. The second-order valence-electron chi connectivity index (χ2n) is 5.04. The summed E-state index contributed by atoms with van der Waals surface area (Å²) in [6.07, 6.45) is -0.0687. The maximum atomic E-state index is 5.76. The molecule has 1 atom stereocenters. The molecule has 1 saturated heterocycles. The summed E-state index contributed by atoms with van der Waals surface area (Å²) < 4.78 is 10.9. The highest BCUT2D eigenvalue weighted by Crippen LogP contribution is 2.21. The number of methoxy groups -OCH3 is 1. The zero-order valence-electron chi connectivity index (χ0n) is 12.2. The Bertz CT molecular complexity index is 585. The zero-order valence-corrected chi connectivity index (χ0v) is 13.0. The van der Waals surface area contributed by atoms with Crippen LogP contribution >= 0.6 is 11.3 Å². The van der Waals surface area contributed by atoms with E-state index in [9.17, 15) is 0 Å². The number of aryl methyl sites for hydroxylation is 1. The lowest BCUT2D eigenvalue weighted by Crippen LogP contribution is -2.38. The maximum absolute atomic E-state index is 5.76. The molecule has 1 N–H and O–H groups in total. The standard InChI is InChI=1S/C13H19N5O2S/c1-9-14-13(17-16-9)11-6-18(3-4-20-11)5-10-8-21-12(15-10)7-19-2/h8,11H,3-7H2,1-2H3,(H,14,16,17)/t11-/m0/s1. The van der Waals surface area contributed by atoms with Crippen LogP contribution in [0.3, 0.4) is 0 Å². The van der Waals surface area contributed by atoms with Crippen LogP contribution < -0.4 is 0 Å². The van der Waals surface area contributed by atoms with Gasteiger partial charge in [-0.05, 0) is 6.92 Å². The largest absolute Gasteiger partial charge is 0.378 e. The quantitative estimate of drug-likeness (QED) is 0.897. The summed E-state index contributed by atoms with van der Waals surface area (Å²) in [6.45, 7) is 5.67. The van der Waals surface area contributed by atoms with E-state index in [2.05, 4.69) is 30.4 Å². The van der Waals surface area contributed by atoms with Gasteiger partial charge < -0.3 is 9.47 Å². The Morgan fingerprint density at radius 2 is 2.43 bits per heavy atom. The van der Waals surface area contributed by atoms with Gasteiger partial charge in [-0.2, -0.15) is 5.10 Å². The van der Waals surface area contributed by atoms with Gasteiger partial charge in [0.25, 0.3) is 0 Å². The molecule has 2 aromatic heterocycles. The van der Waals surface area contributed by atoms with E-state index in [1.807, 2.05) is 6.92 Å². The van der Waals surface area contributed by atoms with Crippen molar-refractivity contribution in [1.29, 1.82) is 0 Å². The molecule has 0 aromatic carbocycles. The molecule has 0 bridgehead atoms. The van der Waals surface area contributed by atoms with E-state index in [1.54, 1.807) is 18.4 Å². The molecule has 0 saturated carbocycles. The number of nitrogens with one attached hydrogen (secondary N) is 1. The first-order valence-electron chi connectivity index (χ1n) is 6.89. The number of thiazole rings is 1. The van der Waals surface area contributed by atoms with Gasteiger partial charge >= 0.3 is 0 Å². The summed E-state index contributed by atoms with van der Waals surface area (Å²) in [5.74, 6) is 1.55. The minimum Gasteiger partial charge on any atom is -0.378 e. The molecule has 0 radical (unpaired) electrons. The summed E-state index contributed by atoms with van der Waals surface area (Å²) in [6, 6.07) is 0. The number of morpholine rings is 1. The Kier molecular flexibility index (Phi) is 4.59. The van der Waals surface area contributed by atoms with Crippen molar-refractivity contribution in [3.05, 3.63) is 27.7 Å². The molecule has 0 unspecified atom stereocenters. The van der Waals surface area contributed by atoms with Gasteiger partial charge in [0, 0.05) is 32.1 Å². The predicted octanol–water partition coefficient (Wildman–Crippen LogP) is 1.29. The van der Waals surface area contributed by atoms with Gasteiger partial charge in [-0.15, -0.1) is 11.3 Å². The normalized spacial score (nSPS) is 20.0. The third-order valence-corrected chi connectivity index (χ3v) is 4.18. The van der Waals surface area contributed by atoms with E-state index in [-0.39, 0.29) is 6.10 Å². The fourth-order valence-corrected chi connectivity index (χ4v) is 3.10. The lowest BCUT2D eigenvalue weighted by atomic mass is 10.2. The Morgan fingerprint density at radius 1 is 1.52 bits per heavy atom. The number of ether oxygens (including phenoxy) is 2. The molecule has 7 nitrogen and oxygen atoms in total. The number of nitrogens with zero attached hydrogens (tertiary/aromatic N) is 4.